The lowest BCUT2D eigenvalue weighted by atomic mass is 9.91. The van der Waals surface area contributed by atoms with E-state index in [9.17, 15) is 4.79 Å². The molecule has 0 fully saturated rings. The second-order valence-electron chi connectivity index (χ2n) is 10.5. The van der Waals surface area contributed by atoms with Crippen molar-refractivity contribution in [3.63, 3.8) is 0 Å². The van der Waals surface area contributed by atoms with E-state index >= 15 is 0 Å². The van der Waals surface area contributed by atoms with Crippen LogP contribution in [-0.2, 0) is 40.0 Å². The molecule has 1 aliphatic rings. The van der Waals surface area contributed by atoms with E-state index in [1.807, 2.05) is 24.3 Å². The average Bonchev–Trinajstić information content (AvgIpc) is 3.09. The van der Waals surface area contributed by atoms with E-state index in [2.05, 4.69) is 62.2 Å². The number of esters is 1. The molecule has 1 aliphatic carbocycles. The summed E-state index contributed by atoms with van der Waals surface area (Å²) >= 11 is 0. The zero-order chi connectivity index (χ0) is 27.8. The SMILES string of the molecule is CCCc1ccc2c(c1)CCc1cc(C)ccc1C2N(C)CCOc1ccc(CC(OC)C(=O)OCC)cc1. The lowest BCUT2D eigenvalue weighted by Gasteiger charge is -2.30. The number of aryl methyl sites for hydroxylation is 4. The number of carbonyl (C=O) groups is 1. The Hall–Kier alpha value is -3.15. The first-order valence-electron chi connectivity index (χ1n) is 14.3. The lowest BCUT2D eigenvalue weighted by Crippen LogP contribution is -2.30. The fraction of sp³-hybridized carbons (Fsp3) is 0.441. The Kier molecular flexibility index (Phi) is 10.2. The van der Waals surface area contributed by atoms with Crippen LogP contribution in [0.25, 0.3) is 0 Å². The van der Waals surface area contributed by atoms with Crippen molar-refractivity contribution in [2.24, 2.45) is 0 Å². The van der Waals surface area contributed by atoms with Gasteiger partial charge in [0.25, 0.3) is 0 Å². The Morgan fingerprint density at radius 1 is 0.949 bits per heavy atom. The first-order chi connectivity index (χ1) is 18.9. The second kappa shape index (κ2) is 13.8. The molecule has 208 valence electrons. The normalized spacial score (nSPS) is 15.3. The van der Waals surface area contributed by atoms with Gasteiger partial charge >= 0.3 is 5.97 Å². The Balaban J connectivity index is 1.44. The highest BCUT2D eigenvalue weighted by atomic mass is 16.6. The Morgan fingerprint density at radius 2 is 1.62 bits per heavy atom. The zero-order valence-electron chi connectivity index (χ0n) is 24.2. The molecular weight excluding hydrogens is 486 g/mol. The van der Waals surface area contributed by atoms with Crippen LogP contribution in [0.1, 0.15) is 65.3 Å². The number of benzene rings is 3. The first-order valence-corrected chi connectivity index (χ1v) is 14.3. The summed E-state index contributed by atoms with van der Waals surface area (Å²) in [5.74, 6) is 0.487. The molecule has 0 heterocycles. The van der Waals surface area contributed by atoms with Gasteiger partial charge in [0.05, 0.1) is 12.6 Å². The zero-order valence-corrected chi connectivity index (χ0v) is 24.2. The summed E-state index contributed by atoms with van der Waals surface area (Å²) in [4.78, 5) is 14.5. The maximum Gasteiger partial charge on any atom is 0.335 e. The van der Waals surface area contributed by atoms with Gasteiger partial charge in [0.1, 0.15) is 12.4 Å². The number of ether oxygens (including phenoxy) is 3. The van der Waals surface area contributed by atoms with Gasteiger partial charge in [-0.25, -0.2) is 4.79 Å². The van der Waals surface area contributed by atoms with E-state index in [0.717, 1.165) is 43.5 Å². The molecule has 3 aromatic rings. The van der Waals surface area contributed by atoms with Crippen LogP contribution in [0.2, 0.25) is 0 Å². The number of methoxy groups -OCH3 is 1. The summed E-state index contributed by atoms with van der Waals surface area (Å²) in [6, 6.07) is 22.1. The largest absolute Gasteiger partial charge is 0.492 e. The minimum Gasteiger partial charge on any atom is -0.492 e. The molecule has 4 rings (SSSR count). The molecule has 0 saturated heterocycles. The van der Waals surface area contributed by atoms with Crippen molar-refractivity contribution >= 4 is 5.97 Å². The van der Waals surface area contributed by atoms with Gasteiger partial charge in [0, 0.05) is 20.1 Å². The maximum atomic E-state index is 12.0. The van der Waals surface area contributed by atoms with Crippen LogP contribution >= 0.6 is 0 Å². The lowest BCUT2D eigenvalue weighted by molar-refractivity contribution is -0.154. The summed E-state index contributed by atoms with van der Waals surface area (Å²) in [5.41, 5.74) is 9.50. The molecule has 0 bridgehead atoms. The van der Waals surface area contributed by atoms with Gasteiger partial charge in [-0.05, 0) is 85.7 Å². The number of carbonyl (C=O) groups excluding carboxylic acids is 1. The molecule has 0 spiro atoms. The van der Waals surface area contributed by atoms with E-state index < -0.39 is 6.10 Å². The molecule has 2 unspecified atom stereocenters. The van der Waals surface area contributed by atoms with Crippen LogP contribution < -0.4 is 4.74 Å². The summed E-state index contributed by atoms with van der Waals surface area (Å²) in [7, 11) is 3.74. The summed E-state index contributed by atoms with van der Waals surface area (Å²) in [6.07, 6.45) is 4.32. The monoisotopic (exact) mass is 529 g/mol. The predicted octanol–water partition coefficient (Wildman–Crippen LogP) is 6.27. The molecule has 3 aromatic carbocycles. The Bertz CT molecular complexity index is 1240. The van der Waals surface area contributed by atoms with Gasteiger partial charge in [0.2, 0.25) is 0 Å². The highest BCUT2D eigenvalue weighted by Gasteiger charge is 2.27. The third-order valence-electron chi connectivity index (χ3n) is 7.63. The molecule has 0 aromatic heterocycles. The summed E-state index contributed by atoms with van der Waals surface area (Å²) < 4.78 is 16.6. The maximum absolute atomic E-state index is 12.0. The highest BCUT2D eigenvalue weighted by Crippen LogP contribution is 2.37. The van der Waals surface area contributed by atoms with Gasteiger partial charge in [-0.15, -0.1) is 0 Å². The van der Waals surface area contributed by atoms with Crippen molar-refractivity contribution in [3.05, 3.63) is 99.6 Å². The minimum atomic E-state index is -0.600. The van der Waals surface area contributed by atoms with E-state index in [0.29, 0.717) is 19.6 Å². The topological polar surface area (TPSA) is 48.0 Å². The molecule has 2 atom stereocenters. The van der Waals surface area contributed by atoms with Crippen molar-refractivity contribution in [2.45, 2.75) is 65.0 Å². The third-order valence-corrected chi connectivity index (χ3v) is 7.63. The minimum absolute atomic E-state index is 0.202. The smallest absolute Gasteiger partial charge is 0.335 e. The fourth-order valence-corrected chi connectivity index (χ4v) is 5.59. The molecule has 0 radical (unpaired) electrons. The third kappa shape index (κ3) is 7.28. The highest BCUT2D eigenvalue weighted by molar-refractivity contribution is 5.75. The summed E-state index contributed by atoms with van der Waals surface area (Å²) in [6.45, 7) is 7.95. The van der Waals surface area contributed by atoms with Crippen molar-refractivity contribution in [1.82, 2.24) is 4.90 Å². The quantitative estimate of drug-likeness (QED) is 0.259. The van der Waals surface area contributed by atoms with E-state index in [-0.39, 0.29) is 12.0 Å². The molecule has 0 amide bonds. The molecule has 5 nitrogen and oxygen atoms in total. The average molecular weight is 530 g/mol. The van der Waals surface area contributed by atoms with Crippen molar-refractivity contribution in [1.29, 1.82) is 0 Å². The molecule has 39 heavy (non-hydrogen) atoms. The van der Waals surface area contributed by atoms with E-state index in [1.165, 1.54) is 40.5 Å². The van der Waals surface area contributed by atoms with Gasteiger partial charge in [-0.3, -0.25) is 4.90 Å². The molecular formula is C34H43NO4. The number of rotatable bonds is 12. The van der Waals surface area contributed by atoms with Crippen LogP contribution in [0, 0.1) is 6.92 Å². The Labute approximate surface area is 234 Å². The van der Waals surface area contributed by atoms with Crippen LogP contribution in [-0.4, -0.2) is 50.9 Å². The van der Waals surface area contributed by atoms with Crippen molar-refractivity contribution in [2.75, 3.05) is 33.9 Å². The number of fused-ring (bicyclic) bond motifs is 2. The van der Waals surface area contributed by atoms with Crippen molar-refractivity contribution in [3.8, 4) is 5.75 Å². The fourth-order valence-electron chi connectivity index (χ4n) is 5.59. The van der Waals surface area contributed by atoms with E-state index in [4.69, 9.17) is 14.2 Å². The molecule has 0 saturated carbocycles. The number of likely N-dealkylation sites (N-methyl/N-ethyl adjacent to an activating group) is 1. The van der Waals surface area contributed by atoms with Gasteiger partial charge in [-0.1, -0.05) is 67.4 Å². The van der Waals surface area contributed by atoms with Crippen molar-refractivity contribution < 1.29 is 19.0 Å². The van der Waals surface area contributed by atoms with Gasteiger partial charge in [0.15, 0.2) is 6.10 Å². The number of hydrogen-bond donors (Lipinski definition) is 0. The number of hydrogen-bond acceptors (Lipinski definition) is 5. The molecule has 0 aliphatic heterocycles. The second-order valence-corrected chi connectivity index (χ2v) is 10.5. The van der Waals surface area contributed by atoms with E-state index in [1.54, 1.807) is 6.92 Å². The molecule has 5 heteroatoms. The predicted molar refractivity (Wildman–Crippen MR) is 157 cm³/mol. The first kappa shape index (κ1) is 28.8. The van der Waals surface area contributed by atoms with Gasteiger partial charge in [-0.2, -0.15) is 0 Å². The Morgan fingerprint density at radius 3 is 2.28 bits per heavy atom. The molecule has 0 N–H and O–H groups in total. The summed E-state index contributed by atoms with van der Waals surface area (Å²) in [5, 5.41) is 0. The van der Waals surface area contributed by atoms with Crippen LogP contribution in [0.15, 0.2) is 60.7 Å². The number of nitrogens with zero attached hydrogens (tertiary/aromatic N) is 1. The van der Waals surface area contributed by atoms with Crippen LogP contribution in [0.5, 0.6) is 5.75 Å². The van der Waals surface area contributed by atoms with Crippen LogP contribution in [0.3, 0.4) is 0 Å². The van der Waals surface area contributed by atoms with Crippen LogP contribution in [0.4, 0.5) is 0 Å². The van der Waals surface area contributed by atoms with Gasteiger partial charge < -0.3 is 14.2 Å². The standard InChI is InChI=1S/C34H43NO4/c1-6-8-25-12-18-31-28(22-25)14-13-27-21-24(3)9-17-30(27)33(31)35(4)19-20-39-29-15-10-26(11-16-29)23-32(37-5)34(36)38-7-2/h9-12,15-18,21-22,32-33H,6-8,13-14,19-20,23H2,1-5H3.